The first-order chi connectivity index (χ1) is 6.15. The summed E-state index contributed by atoms with van der Waals surface area (Å²) >= 11 is 5.07. The maximum absolute atomic E-state index is 10.3. The standard InChI is InChI=1S/C9H12BrNOS/c10-7-5-6-1-2-9(12,3-4-11)8(6)13-7/h5,12H,1-4,11H2. The molecule has 1 heterocycles. The maximum atomic E-state index is 10.3. The van der Waals surface area contributed by atoms with Gasteiger partial charge < -0.3 is 10.8 Å². The SMILES string of the molecule is NCCC1(O)CCc2cc(Br)sc21. The van der Waals surface area contributed by atoms with Gasteiger partial charge in [-0.15, -0.1) is 11.3 Å². The topological polar surface area (TPSA) is 46.2 Å². The van der Waals surface area contributed by atoms with E-state index in [4.69, 9.17) is 5.73 Å². The molecule has 0 saturated carbocycles. The molecule has 1 aromatic heterocycles. The second kappa shape index (κ2) is 3.35. The van der Waals surface area contributed by atoms with Crippen LogP contribution in [0.4, 0.5) is 0 Å². The fourth-order valence-corrected chi connectivity index (χ4v) is 3.75. The van der Waals surface area contributed by atoms with Crippen molar-refractivity contribution in [3.8, 4) is 0 Å². The van der Waals surface area contributed by atoms with Crippen molar-refractivity contribution in [2.24, 2.45) is 5.73 Å². The van der Waals surface area contributed by atoms with Gasteiger partial charge in [0, 0.05) is 4.88 Å². The highest BCUT2D eigenvalue weighted by Crippen LogP contribution is 2.45. The number of aliphatic hydroxyl groups is 1. The first-order valence-electron chi connectivity index (χ1n) is 4.37. The summed E-state index contributed by atoms with van der Waals surface area (Å²) in [7, 11) is 0. The molecule has 72 valence electrons. The average molecular weight is 262 g/mol. The fraction of sp³-hybridized carbons (Fsp3) is 0.556. The lowest BCUT2D eigenvalue weighted by Crippen LogP contribution is -2.24. The lowest BCUT2D eigenvalue weighted by atomic mass is 9.99. The van der Waals surface area contributed by atoms with E-state index in [2.05, 4.69) is 22.0 Å². The number of nitrogens with two attached hydrogens (primary N) is 1. The minimum absolute atomic E-state index is 0.547. The molecule has 0 spiro atoms. The zero-order chi connectivity index (χ0) is 9.47. The highest BCUT2D eigenvalue weighted by molar-refractivity contribution is 9.11. The molecule has 4 heteroatoms. The number of thiophene rings is 1. The van der Waals surface area contributed by atoms with Crippen molar-refractivity contribution in [1.82, 2.24) is 0 Å². The molecule has 3 N–H and O–H groups in total. The van der Waals surface area contributed by atoms with Gasteiger partial charge in [0.25, 0.3) is 0 Å². The first kappa shape index (κ1) is 9.65. The Kier molecular flexibility index (Phi) is 2.49. The zero-order valence-electron chi connectivity index (χ0n) is 7.22. The predicted octanol–water partition coefficient (Wildman–Crippen LogP) is 1.99. The second-order valence-electron chi connectivity index (χ2n) is 3.48. The third-order valence-electron chi connectivity index (χ3n) is 2.57. The van der Waals surface area contributed by atoms with Gasteiger partial charge in [-0.05, 0) is 53.4 Å². The smallest absolute Gasteiger partial charge is 0.101 e. The van der Waals surface area contributed by atoms with Crippen LogP contribution in [-0.2, 0) is 12.0 Å². The number of hydrogen-bond donors (Lipinski definition) is 2. The minimum Gasteiger partial charge on any atom is -0.384 e. The van der Waals surface area contributed by atoms with Crippen molar-refractivity contribution in [3.05, 3.63) is 20.3 Å². The molecule has 1 aromatic rings. The summed E-state index contributed by atoms with van der Waals surface area (Å²) in [6.45, 7) is 0.547. The Hall–Kier alpha value is 0.1000. The van der Waals surface area contributed by atoms with Gasteiger partial charge in [-0.1, -0.05) is 0 Å². The highest BCUT2D eigenvalue weighted by Gasteiger charge is 2.37. The van der Waals surface area contributed by atoms with Crippen LogP contribution >= 0.6 is 27.3 Å². The predicted molar refractivity (Wildman–Crippen MR) is 57.9 cm³/mol. The number of fused-ring (bicyclic) bond motifs is 1. The van der Waals surface area contributed by atoms with Gasteiger partial charge in [-0.2, -0.15) is 0 Å². The van der Waals surface area contributed by atoms with E-state index in [0.717, 1.165) is 21.5 Å². The van der Waals surface area contributed by atoms with Gasteiger partial charge >= 0.3 is 0 Å². The summed E-state index contributed by atoms with van der Waals surface area (Å²) in [5.41, 5.74) is 6.14. The van der Waals surface area contributed by atoms with Crippen molar-refractivity contribution in [1.29, 1.82) is 0 Å². The third-order valence-corrected chi connectivity index (χ3v) is 4.44. The summed E-state index contributed by atoms with van der Waals surface area (Å²) in [5, 5.41) is 10.3. The Balaban J connectivity index is 2.35. The molecule has 2 rings (SSSR count). The van der Waals surface area contributed by atoms with Crippen LogP contribution < -0.4 is 5.73 Å². The molecule has 0 fully saturated rings. The molecule has 0 aromatic carbocycles. The van der Waals surface area contributed by atoms with Crippen molar-refractivity contribution in [2.75, 3.05) is 6.54 Å². The molecule has 13 heavy (non-hydrogen) atoms. The van der Waals surface area contributed by atoms with Crippen LogP contribution in [0.3, 0.4) is 0 Å². The largest absolute Gasteiger partial charge is 0.384 e. The van der Waals surface area contributed by atoms with Gasteiger partial charge in [-0.3, -0.25) is 0 Å². The Morgan fingerprint density at radius 3 is 3.15 bits per heavy atom. The van der Waals surface area contributed by atoms with Crippen molar-refractivity contribution < 1.29 is 5.11 Å². The molecule has 0 bridgehead atoms. The molecule has 1 aliphatic carbocycles. The maximum Gasteiger partial charge on any atom is 0.101 e. The van der Waals surface area contributed by atoms with E-state index in [1.165, 1.54) is 5.56 Å². The van der Waals surface area contributed by atoms with Crippen molar-refractivity contribution >= 4 is 27.3 Å². The second-order valence-corrected chi connectivity index (χ2v) is 5.91. The minimum atomic E-state index is -0.638. The molecule has 0 amide bonds. The summed E-state index contributed by atoms with van der Waals surface area (Å²) in [6, 6.07) is 2.11. The van der Waals surface area contributed by atoms with E-state index in [1.54, 1.807) is 11.3 Å². The third kappa shape index (κ3) is 1.56. The van der Waals surface area contributed by atoms with Crippen LogP contribution in [-0.4, -0.2) is 11.7 Å². The van der Waals surface area contributed by atoms with Crippen molar-refractivity contribution in [2.45, 2.75) is 24.9 Å². The lowest BCUT2D eigenvalue weighted by molar-refractivity contribution is 0.0353. The number of rotatable bonds is 2. The molecule has 2 nitrogen and oxygen atoms in total. The van der Waals surface area contributed by atoms with Crippen LogP contribution in [0.1, 0.15) is 23.3 Å². The number of aryl methyl sites for hydroxylation is 1. The number of halogens is 1. The number of hydrogen-bond acceptors (Lipinski definition) is 3. The molecule has 0 aliphatic heterocycles. The van der Waals surface area contributed by atoms with E-state index >= 15 is 0 Å². The summed E-state index contributed by atoms with van der Waals surface area (Å²) in [6.07, 6.45) is 2.49. The van der Waals surface area contributed by atoms with E-state index in [1.807, 2.05) is 0 Å². The normalized spacial score (nSPS) is 26.4. The van der Waals surface area contributed by atoms with Gasteiger partial charge in [0.15, 0.2) is 0 Å². The van der Waals surface area contributed by atoms with Crippen LogP contribution in [0, 0.1) is 0 Å². The molecular weight excluding hydrogens is 250 g/mol. The zero-order valence-corrected chi connectivity index (χ0v) is 9.62. The fourth-order valence-electron chi connectivity index (χ4n) is 1.91. The molecule has 1 unspecified atom stereocenters. The van der Waals surface area contributed by atoms with Crippen molar-refractivity contribution in [3.63, 3.8) is 0 Å². The van der Waals surface area contributed by atoms with E-state index < -0.39 is 5.60 Å². The van der Waals surface area contributed by atoms with Gasteiger partial charge in [-0.25, -0.2) is 0 Å². The summed E-state index contributed by atoms with van der Waals surface area (Å²) in [4.78, 5) is 1.12. The monoisotopic (exact) mass is 261 g/mol. The molecule has 1 atom stereocenters. The lowest BCUT2D eigenvalue weighted by Gasteiger charge is -2.21. The summed E-state index contributed by atoms with van der Waals surface area (Å²) < 4.78 is 1.10. The quantitative estimate of drug-likeness (QED) is 0.856. The van der Waals surface area contributed by atoms with Crippen LogP contribution in [0.25, 0.3) is 0 Å². The average Bonchev–Trinajstić information content (AvgIpc) is 2.54. The van der Waals surface area contributed by atoms with E-state index in [9.17, 15) is 5.11 Å². The Morgan fingerprint density at radius 1 is 1.69 bits per heavy atom. The van der Waals surface area contributed by atoms with Crippen LogP contribution in [0.15, 0.2) is 9.85 Å². The Morgan fingerprint density at radius 2 is 2.46 bits per heavy atom. The molecular formula is C9H12BrNOS. The Labute approximate surface area is 89.9 Å². The molecule has 1 aliphatic rings. The summed E-state index contributed by atoms with van der Waals surface area (Å²) in [5.74, 6) is 0. The van der Waals surface area contributed by atoms with Gasteiger partial charge in [0.2, 0.25) is 0 Å². The van der Waals surface area contributed by atoms with Crippen LogP contribution in [0.5, 0.6) is 0 Å². The van der Waals surface area contributed by atoms with E-state index in [0.29, 0.717) is 13.0 Å². The highest BCUT2D eigenvalue weighted by atomic mass is 79.9. The molecule has 0 saturated heterocycles. The Bertz CT molecular complexity index is 325. The van der Waals surface area contributed by atoms with E-state index in [-0.39, 0.29) is 0 Å². The van der Waals surface area contributed by atoms with Gasteiger partial charge in [0.05, 0.1) is 3.79 Å². The van der Waals surface area contributed by atoms with Gasteiger partial charge in [0.1, 0.15) is 5.60 Å². The van der Waals surface area contributed by atoms with Crippen LogP contribution in [0.2, 0.25) is 0 Å². The first-order valence-corrected chi connectivity index (χ1v) is 5.98. The molecule has 0 radical (unpaired) electrons.